The van der Waals surface area contributed by atoms with E-state index in [1.807, 2.05) is 0 Å². The first-order valence-corrected chi connectivity index (χ1v) is 9.49. The summed E-state index contributed by atoms with van der Waals surface area (Å²) in [5, 5.41) is 0. The molecule has 0 aromatic rings. The minimum absolute atomic E-state index is 0.417. The summed E-state index contributed by atoms with van der Waals surface area (Å²) in [5.41, 5.74) is 3.66. The van der Waals surface area contributed by atoms with E-state index in [9.17, 15) is 0 Å². The molecule has 0 spiro atoms. The van der Waals surface area contributed by atoms with Crippen LogP contribution in [-0.2, 0) is 0 Å². The van der Waals surface area contributed by atoms with Crippen LogP contribution in [-0.4, -0.2) is 41.4 Å². The van der Waals surface area contributed by atoms with Crippen molar-refractivity contribution in [3.8, 4) is 0 Å². The Labute approximate surface area is 137 Å². The quantitative estimate of drug-likeness (QED) is 0.654. The summed E-state index contributed by atoms with van der Waals surface area (Å²) in [4.78, 5) is 2.68. The molecule has 2 heteroatoms. The molecule has 2 unspecified atom stereocenters. The predicted molar refractivity (Wildman–Crippen MR) is 94.5 cm³/mol. The van der Waals surface area contributed by atoms with Crippen molar-refractivity contribution in [2.24, 2.45) is 17.3 Å². The van der Waals surface area contributed by atoms with Gasteiger partial charge < -0.3 is 4.90 Å². The fraction of sp³-hybridized carbons (Fsp3) is 0.850. The molecular formula is C20H35N2+. The Morgan fingerprint density at radius 1 is 1.00 bits per heavy atom. The maximum Gasteiger partial charge on any atom is 0.178 e. The lowest BCUT2D eigenvalue weighted by Crippen LogP contribution is -2.40. The first kappa shape index (κ1) is 16.1. The van der Waals surface area contributed by atoms with Crippen LogP contribution < -0.4 is 0 Å². The highest BCUT2D eigenvalue weighted by molar-refractivity contribution is 5.92. The van der Waals surface area contributed by atoms with Crippen molar-refractivity contribution in [1.29, 1.82) is 0 Å². The highest BCUT2D eigenvalue weighted by Gasteiger charge is 2.35. The average Bonchev–Trinajstić information content (AvgIpc) is 2.45. The van der Waals surface area contributed by atoms with Crippen molar-refractivity contribution >= 4 is 5.71 Å². The topological polar surface area (TPSA) is 6.25 Å². The van der Waals surface area contributed by atoms with Gasteiger partial charge in [-0.2, -0.15) is 0 Å². The van der Waals surface area contributed by atoms with E-state index >= 15 is 0 Å². The van der Waals surface area contributed by atoms with E-state index in [4.69, 9.17) is 0 Å². The SMILES string of the molecule is CC1CC(C)C[N+](=C2C=C(N3CCCCC3)CC(C)(C)C2)C1. The van der Waals surface area contributed by atoms with Crippen LogP contribution in [0.3, 0.4) is 0 Å². The second kappa shape index (κ2) is 6.37. The fourth-order valence-corrected chi connectivity index (χ4v) is 4.82. The molecule has 3 rings (SSSR count). The second-order valence-corrected chi connectivity index (χ2v) is 9.04. The smallest absolute Gasteiger partial charge is 0.178 e. The van der Waals surface area contributed by atoms with Gasteiger partial charge in [-0.05, 0) is 37.5 Å². The summed E-state index contributed by atoms with van der Waals surface area (Å²) in [5.74, 6) is 1.68. The van der Waals surface area contributed by atoms with Crippen LogP contribution in [0.15, 0.2) is 11.8 Å². The van der Waals surface area contributed by atoms with E-state index in [0.717, 1.165) is 11.8 Å². The summed E-state index contributed by atoms with van der Waals surface area (Å²) >= 11 is 0. The van der Waals surface area contributed by atoms with Gasteiger partial charge in [-0.25, -0.2) is 4.58 Å². The van der Waals surface area contributed by atoms with Crippen LogP contribution in [0.5, 0.6) is 0 Å². The summed E-state index contributed by atoms with van der Waals surface area (Å²) in [6, 6.07) is 0. The van der Waals surface area contributed by atoms with Crippen LogP contribution >= 0.6 is 0 Å². The minimum Gasteiger partial charge on any atom is -0.375 e. The number of hydrogen-bond acceptors (Lipinski definition) is 1. The number of hydrogen-bond donors (Lipinski definition) is 0. The predicted octanol–water partition coefficient (Wildman–Crippen LogP) is 4.31. The van der Waals surface area contributed by atoms with E-state index < -0.39 is 0 Å². The van der Waals surface area contributed by atoms with Gasteiger partial charge in [0.05, 0.1) is 0 Å². The second-order valence-electron chi connectivity index (χ2n) is 9.04. The molecule has 3 aliphatic rings. The van der Waals surface area contributed by atoms with Gasteiger partial charge in [0.2, 0.25) is 0 Å². The molecule has 22 heavy (non-hydrogen) atoms. The van der Waals surface area contributed by atoms with Crippen LogP contribution in [0.1, 0.15) is 66.2 Å². The molecule has 2 atom stereocenters. The third-order valence-corrected chi connectivity index (χ3v) is 5.69. The number of piperidine rings is 2. The molecule has 124 valence electrons. The van der Waals surface area contributed by atoms with Gasteiger partial charge in [-0.15, -0.1) is 0 Å². The van der Waals surface area contributed by atoms with Gasteiger partial charge >= 0.3 is 0 Å². The lowest BCUT2D eigenvalue weighted by Gasteiger charge is -2.38. The van der Waals surface area contributed by atoms with Crippen molar-refractivity contribution in [1.82, 2.24) is 4.90 Å². The van der Waals surface area contributed by atoms with Crippen LogP contribution in [0.4, 0.5) is 0 Å². The number of nitrogens with zero attached hydrogens (tertiary/aromatic N) is 2. The molecule has 0 aromatic heterocycles. The van der Waals surface area contributed by atoms with Crippen molar-refractivity contribution < 1.29 is 4.58 Å². The average molecular weight is 304 g/mol. The number of rotatable bonds is 1. The van der Waals surface area contributed by atoms with E-state index in [2.05, 4.69) is 43.2 Å². The van der Waals surface area contributed by atoms with Crippen LogP contribution in [0.2, 0.25) is 0 Å². The van der Waals surface area contributed by atoms with Crippen molar-refractivity contribution in [2.75, 3.05) is 26.2 Å². The molecule has 2 saturated heterocycles. The molecule has 1 aliphatic carbocycles. The molecular weight excluding hydrogens is 268 g/mol. The molecule has 0 amide bonds. The van der Waals surface area contributed by atoms with Crippen molar-refractivity contribution in [3.63, 3.8) is 0 Å². The molecule has 0 aromatic carbocycles. The van der Waals surface area contributed by atoms with Crippen molar-refractivity contribution in [3.05, 3.63) is 11.8 Å². The first-order chi connectivity index (χ1) is 10.4. The highest BCUT2D eigenvalue weighted by atomic mass is 15.1. The van der Waals surface area contributed by atoms with Gasteiger partial charge in [-0.3, -0.25) is 0 Å². The zero-order valence-electron chi connectivity index (χ0n) is 15.2. The van der Waals surface area contributed by atoms with Gasteiger partial charge in [-0.1, -0.05) is 27.7 Å². The third kappa shape index (κ3) is 3.75. The van der Waals surface area contributed by atoms with Gasteiger partial charge in [0.15, 0.2) is 5.71 Å². The largest absolute Gasteiger partial charge is 0.375 e. The zero-order valence-corrected chi connectivity index (χ0v) is 15.2. The van der Waals surface area contributed by atoms with E-state index in [1.54, 1.807) is 11.4 Å². The fourth-order valence-electron chi connectivity index (χ4n) is 4.82. The lowest BCUT2D eigenvalue weighted by molar-refractivity contribution is -0.553. The first-order valence-electron chi connectivity index (χ1n) is 9.49. The Morgan fingerprint density at radius 2 is 1.64 bits per heavy atom. The molecule has 2 nitrogen and oxygen atoms in total. The number of allylic oxidation sites excluding steroid dienone is 2. The monoisotopic (exact) mass is 303 g/mol. The summed E-state index contributed by atoms with van der Waals surface area (Å²) in [7, 11) is 0. The summed E-state index contributed by atoms with van der Waals surface area (Å²) in [6.45, 7) is 14.9. The molecule has 0 N–H and O–H groups in total. The Morgan fingerprint density at radius 3 is 2.27 bits per heavy atom. The third-order valence-electron chi connectivity index (χ3n) is 5.69. The Kier molecular flexibility index (Phi) is 4.66. The Bertz CT molecular complexity index is 454. The lowest BCUT2D eigenvalue weighted by atomic mass is 9.77. The minimum atomic E-state index is 0.417. The van der Waals surface area contributed by atoms with Crippen LogP contribution in [0.25, 0.3) is 0 Å². The van der Waals surface area contributed by atoms with Gasteiger partial charge in [0, 0.05) is 43.1 Å². The molecule has 0 saturated carbocycles. The Hall–Kier alpha value is -0.790. The maximum absolute atomic E-state index is 2.71. The standard InChI is InChI=1S/C20H35N2/c1-16-10-17(2)15-22(14-16)19-11-18(12-20(3,4)13-19)21-8-6-5-7-9-21/h11,16-17H,5-10,12-15H2,1-4H3/q+1. The molecule has 2 fully saturated rings. The molecule has 2 heterocycles. The molecule has 2 aliphatic heterocycles. The van der Waals surface area contributed by atoms with E-state index in [1.165, 1.54) is 64.7 Å². The van der Waals surface area contributed by atoms with Gasteiger partial charge in [0.25, 0.3) is 0 Å². The Balaban J connectivity index is 1.88. The molecule has 0 bridgehead atoms. The normalized spacial score (nSPS) is 32.9. The summed E-state index contributed by atoms with van der Waals surface area (Å²) in [6.07, 6.45) is 10.7. The highest BCUT2D eigenvalue weighted by Crippen LogP contribution is 2.36. The van der Waals surface area contributed by atoms with E-state index in [0.29, 0.717) is 5.41 Å². The van der Waals surface area contributed by atoms with Crippen molar-refractivity contribution in [2.45, 2.75) is 66.2 Å². The van der Waals surface area contributed by atoms with Gasteiger partial charge in [0.1, 0.15) is 13.1 Å². The zero-order chi connectivity index (χ0) is 15.7. The maximum atomic E-state index is 2.71. The number of likely N-dealkylation sites (tertiary alicyclic amines) is 1. The molecule has 0 radical (unpaired) electrons. The summed E-state index contributed by atoms with van der Waals surface area (Å²) < 4.78 is 2.71. The van der Waals surface area contributed by atoms with E-state index in [-0.39, 0.29) is 0 Å². The van der Waals surface area contributed by atoms with Crippen LogP contribution in [0, 0.1) is 17.3 Å².